The highest BCUT2D eigenvalue weighted by molar-refractivity contribution is 6.31. The Morgan fingerprint density at radius 3 is 2.44 bits per heavy atom. The van der Waals surface area contributed by atoms with Crippen LogP contribution in [0.15, 0.2) is 48.8 Å². The summed E-state index contributed by atoms with van der Waals surface area (Å²) in [6.07, 6.45) is 3.38. The van der Waals surface area contributed by atoms with E-state index in [0.29, 0.717) is 17.1 Å². The summed E-state index contributed by atoms with van der Waals surface area (Å²) in [5, 5.41) is 5.10. The summed E-state index contributed by atoms with van der Waals surface area (Å²) in [4.78, 5) is 18.6. The Morgan fingerprint density at radius 2 is 1.92 bits per heavy atom. The molecule has 0 radical (unpaired) electrons. The first-order valence-electron chi connectivity index (χ1n) is 8.07. The molecule has 2 aromatic heterocycles. The number of hydrogen-bond donors (Lipinski definition) is 0. The molecule has 128 valence electrons. The van der Waals surface area contributed by atoms with Crippen LogP contribution >= 0.6 is 11.6 Å². The van der Waals surface area contributed by atoms with E-state index in [-0.39, 0.29) is 5.91 Å². The van der Waals surface area contributed by atoms with Gasteiger partial charge in [-0.25, -0.2) is 4.68 Å². The van der Waals surface area contributed by atoms with E-state index in [0.717, 1.165) is 22.8 Å². The summed E-state index contributed by atoms with van der Waals surface area (Å²) in [5.74, 6) is -0.0616. The van der Waals surface area contributed by atoms with Crippen molar-refractivity contribution in [2.45, 2.75) is 20.8 Å². The number of nitrogens with zero attached hydrogens (tertiary/aromatic N) is 4. The molecule has 6 heteroatoms. The first kappa shape index (κ1) is 17.2. The molecule has 0 aliphatic carbocycles. The zero-order valence-corrected chi connectivity index (χ0v) is 15.2. The minimum Gasteiger partial charge on any atom is -0.307 e. The maximum absolute atomic E-state index is 12.8. The van der Waals surface area contributed by atoms with Crippen LogP contribution in [0.5, 0.6) is 0 Å². The number of amides is 1. The zero-order valence-electron chi connectivity index (χ0n) is 14.4. The average molecular weight is 355 g/mol. The fourth-order valence-corrected chi connectivity index (χ4v) is 2.85. The molecule has 3 rings (SSSR count). The maximum atomic E-state index is 12.8. The van der Waals surface area contributed by atoms with Gasteiger partial charge in [0.1, 0.15) is 0 Å². The lowest BCUT2D eigenvalue weighted by atomic mass is 10.1. The summed E-state index contributed by atoms with van der Waals surface area (Å²) < 4.78 is 1.78. The molecule has 2 heterocycles. The molecule has 0 unspecified atom stereocenters. The van der Waals surface area contributed by atoms with E-state index in [1.165, 1.54) is 0 Å². The largest absolute Gasteiger partial charge is 0.307 e. The van der Waals surface area contributed by atoms with Gasteiger partial charge in [0.25, 0.3) is 5.91 Å². The molecule has 0 aliphatic rings. The third kappa shape index (κ3) is 3.28. The fraction of sp³-hybridized carbons (Fsp3) is 0.211. The lowest BCUT2D eigenvalue weighted by molar-refractivity contribution is 0.0988. The lowest BCUT2D eigenvalue weighted by Crippen LogP contribution is -2.30. The highest BCUT2D eigenvalue weighted by atomic mass is 35.5. The number of carbonyl (C=O) groups is 1. The smallest absolute Gasteiger partial charge is 0.258 e. The molecule has 0 aliphatic heterocycles. The van der Waals surface area contributed by atoms with E-state index in [9.17, 15) is 4.79 Å². The standard InChI is InChI=1S/C19H19ClN4O/c1-4-23(17-6-5-11-21-12-17)19(25)15-7-9-16(10-8-15)24-14(3)18(20)13(2)22-24/h5-12H,4H2,1-3H3. The van der Waals surface area contributed by atoms with E-state index in [1.807, 2.05) is 45.0 Å². The second-order valence-electron chi connectivity index (χ2n) is 5.70. The van der Waals surface area contributed by atoms with Crippen LogP contribution in [0.3, 0.4) is 0 Å². The van der Waals surface area contributed by atoms with Crippen molar-refractivity contribution in [3.8, 4) is 5.69 Å². The van der Waals surface area contributed by atoms with E-state index >= 15 is 0 Å². The van der Waals surface area contributed by atoms with E-state index in [1.54, 1.807) is 34.1 Å². The molecule has 0 saturated carbocycles. The van der Waals surface area contributed by atoms with Crippen LogP contribution in [0.1, 0.15) is 28.7 Å². The first-order chi connectivity index (χ1) is 12.0. The van der Waals surface area contributed by atoms with Crippen LogP contribution < -0.4 is 4.90 Å². The predicted molar refractivity (Wildman–Crippen MR) is 99.6 cm³/mol. The number of halogens is 1. The van der Waals surface area contributed by atoms with Gasteiger partial charge >= 0.3 is 0 Å². The van der Waals surface area contributed by atoms with Gasteiger partial charge in [0.05, 0.1) is 34.0 Å². The molecular weight excluding hydrogens is 336 g/mol. The molecule has 0 bridgehead atoms. The maximum Gasteiger partial charge on any atom is 0.258 e. The monoisotopic (exact) mass is 354 g/mol. The Morgan fingerprint density at radius 1 is 1.20 bits per heavy atom. The van der Waals surface area contributed by atoms with Gasteiger partial charge in [0.15, 0.2) is 0 Å². The van der Waals surface area contributed by atoms with E-state index in [2.05, 4.69) is 10.1 Å². The number of anilines is 1. The predicted octanol–water partition coefficient (Wildman–Crippen LogP) is 4.20. The van der Waals surface area contributed by atoms with Crippen LogP contribution in [-0.2, 0) is 0 Å². The molecule has 0 spiro atoms. The zero-order chi connectivity index (χ0) is 18.0. The molecular formula is C19H19ClN4O. The van der Waals surface area contributed by atoms with E-state index < -0.39 is 0 Å². The van der Waals surface area contributed by atoms with Crippen molar-refractivity contribution in [1.29, 1.82) is 0 Å². The van der Waals surface area contributed by atoms with Crippen molar-refractivity contribution < 1.29 is 4.79 Å². The third-order valence-electron chi connectivity index (χ3n) is 4.08. The SMILES string of the molecule is CCN(C(=O)c1ccc(-n2nc(C)c(Cl)c2C)cc1)c1cccnc1. The van der Waals surface area contributed by atoms with Gasteiger partial charge in [-0.15, -0.1) is 0 Å². The number of carbonyl (C=O) groups excluding carboxylic acids is 1. The van der Waals surface area contributed by atoms with Crippen molar-refractivity contribution >= 4 is 23.2 Å². The number of benzene rings is 1. The lowest BCUT2D eigenvalue weighted by Gasteiger charge is -2.20. The summed E-state index contributed by atoms with van der Waals surface area (Å²) in [6.45, 7) is 6.30. The number of pyridine rings is 1. The quantitative estimate of drug-likeness (QED) is 0.705. The third-order valence-corrected chi connectivity index (χ3v) is 4.63. The summed E-state index contributed by atoms with van der Waals surface area (Å²) in [6, 6.07) is 11.1. The van der Waals surface area contributed by atoms with Crippen molar-refractivity contribution in [2.75, 3.05) is 11.4 Å². The van der Waals surface area contributed by atoms with Gasteiger partial charge in [-0.3, -0.25) is 9.78 Å². The van der Waals surface area contributed by atoms with Gasteiger partial charge < -0.3 is 4.90 Å². The highest BCUT2D eigenvalue weighted by Gasteiger charge is 2.17. The molecule has 3 aromatic rings. The molecule has 1 aromatic carbocycles. The van der Waals surface area contributed by atoms with Gasteiger partial charge in [0.2, 0.25) is 0 Å². The van der Waals surface area contributed by atoms with Gasteiger partial charge in [-0.2, -0.15) is 5.10 Å². The molecule has 25 heavy (non-hydrogen) atoms. The Kier molecular flexibility index (Phi) is 4.86. The van der Waals surface area contributed by atoms with Gasteiger partial charge in [-0.05, 0) is 57.2 Å². The number of aromatic nitrogens is 3. The normalized spacial score (nSPS) is 10.7. The second kappa shape index (κ2) is 7.07. The first-order valence-corrected chi connectivity index (χ1v) is 8.44. The number of hydrogen-bond acceptors (Lipinski definition) is 3. The molecule has 0 atom stereocenters. The van der Waals surface area contributed by atoms with Crippen molar-refractivity contribution in [1.82, 2.24) is 14.8 Å². The Labute approximate surface area is 151 Å². The summed E-state index contributed by atoms with van der Waals surface area (Å²) >= 11 is 6.21. The average Bonchev–Trinajstić information content (AvgIpc) is 2.91. The Bertz CT molecular complexity index is 888. The number of aryl methyl sites for hydroxylation is 1. The molecule has 5 nitrogen and oxygen atoms in total. The van der Waals surface area contributed by atoms with Crippen molar-refractivity contribution in [3.63, 3.8) is 0 Å². The van der Waals surface area contributed by atoms with Gasteiger partial charge in [0, 0.05) is 18.3 Å². The topological polar surface area (TPSA) is 51.0 Å². The molecule has 1 amide bonds. The van der Waals surface area contributed by atoms with Gasteiger partial charge in [-0.1, -0.05) is 11.6 Å². The summed E-state index contributed by atoms with van der Waals surface area (Å²) in [5.41, 5.74) is 3.93. The second-order valence-corrected chi connectivity index (χ2v) is 6.08. The van der Waals surface area contributed by atoms with Crippen molar-refractivity contribution in [2.24, 2.45) is 0 Å². The fourth-order valence-electron chi connectivity index (χ4n) is 2.73. The minimum absolute atomic E-state index is 0.0616. The molecule has 0 fully saturated rings. The Balaban J connectivity index is 1.89. The van der Waals surface area contributed by atoms with Crippen LogP contribution in [0.25, 0.3) is 5.69 Å². The Hall–Kier alpha value is -2.66. The van der Waals surface area contributed by atoms with Crippen LogP contribution in [0.4, 0.5) is 5.69 Å². The van der Waals surface area contributed by atoms with Crippen molar-refractivity contribution in [3.05, 3.63) is 70.8 Å². The summed E-state index contributed by atoms with van der Waals surface area (Å²) in [7, 11) is 0. The number of rotatable bonds is 4. The minimum atomic E-state index is -0.0616. The van der Waals surface area contributed by atoms with E-state index in [4.69, 9.17) is 11.6 Å². The van der Waals surface area contributed by atoms with Crippen LogP contribution in [0.2, 0.25) is 5.02 Å². The molecule has 0 saturated heterocycles. The van der Waals surface area contributed by atoms with Crippen LogP contribution in [-0.4, -0.2) is 27.2 Å². The molecule has 0 N–H and O–H groups in total. The highest BCUT2D eigenvalue weighted by Crippen LogP contribution is 2.23. The van der Waals surface area contributed by atoms with Crippen LogP contribution in [0, 0.1) is 13.8 Å².